The molecule has 1 rings (SSSR count). The van der Waals surface area contributed by atoms with Crippen LogP contribution in [-0.4, -0.2) is 12.1 Å². The first-order valence-electron chi connectivity index (χ1n) is 7.54. The summed E-state index contributed by atoms with van der Waals surface area (Å²) in [5.41, 5.74) is 1.15. The van der Waals surface area contributed by atoms with Gasteiger partial charge in [-0.3, -0.25) is 0 Å². The smallest absolute Gasteiger partial charge is 0.121 e. The zero-order chi connectivity index (χ0) is 14.3. The average Bonchev–Trinajstić information content (AvgIpc) is 2.36. The van der Waals surface area contributed by atoms with Gasteiger partial charge in [0.1, 0.15) is 5.75 Å². The monoisotopic (exact) mass is 263 g/mol. The van der Waals surface area contributed by atoms with E-state index in [2.05, 4.69) is 58.1 Å². The molecule has 0 saturated heterocycles. The predicted octanol–water partition coefficient (Wildman–Crippen LogP) is 5.10. The Morgan fingerprint density at radius 3 is 2.47 bits per heavy atom. The lowest BCUT2D eigenvalue weighted by atomic mass is 10.0. The van der Waals surface area contributed by atoms with Gasteiger partial charge < -0.3 is 10.1 Å². The van der Waals surface area contributed by atoms with Gasteiger partial charge in [0.05, 0.1) is 6.10 Å². The summed E-state index contributed by atoms with van der Waals surface area (Å²) in [5.74, 6) is 1.72. The van der Waals surface area contributed by atoms with E-state index in [4.69, 9.17) is 4.74 Å². The summed E-state index contributed by atoms with van der Waals surface area (Å²) in [4.78, 5) is 0. The van der Waals surface area contributed by atoms with Gasteiger partial charge in [-0.05, 0) is 51.2 Å². The minimum Gasteiger partial charge on any atom is -0.491 e. The quantitative estimate of drug-likeness (QED) is 0.704. The van der Waals surface area contributed by atoms with Crippen LogP contribution in [0, 0.1) is 5.92 Å². The van der Waals surface area contributed by atoms with Crippen LogP contribution in [0.4, 0.5) is 5.69 Å². The largest absolute Gasteiger partial charge is 0.491 e. The molecule has 0 spiro atoms. The molecule has 108 valence electrons. The van der Waals surface area contributed by atoms with Gasteiger partial charge in [-0.15, -0.1) is 0 Å². The van der Waals surface area contributed by atoms with Gasteiger partial charge >= 0.3 is 0 Å². The molecule has 0 aliphatic heterocycles. The molecule has 0 saturated carbocycles. The van der Waals surface area contributed by atoms with Crippen molar-refractivity contribution >= 4 is 5.69 Å². The van der Waals surface area contributed by atoms with Crippen LogP contribution in [-0.2, 0) is 0 Å². The van der Waals surface area contributed by atoms with Crippen molar-refractivity contribution in [1.29, 1.82) is 0 Å². The third-order valence-electron chi connectivity index (χ3n) is 3.34. The van der Waals surface area contributed by atoms with Crippen molar-refractivity contribution in [2.45, 2.75) is 66.0 Å². The molecule has 0 radical (unpaired) electrons. The molecule has 1 N–H and O–H groups in total. The normalized spacial score (nSPS) is 14.2. The van der Waals surface area contributed by atoms with Gasteiger partial charge in [-0.2, -0.15) is 0 Å². The van der Waals surface area contributed by atoms with E-state index < -0.39 is 0 Å². The molecule has 0 heterocycles. The highest BCUT2D eigenvalue weighted by molar-refractivity contribution is 5.48. The van der Waals surface area contributed by atoms with E-state index >= 15 is 0 Å². The number of hydrogen-bond donors (Lipinski definition) is 1. The highest BCUT2D eigenvalue weighted by atomic mass is 16.5. The fourth-order valence-electron chi connectivity index (χ4n) is 1.91. The van der Waals surface area contributed by atoms with Gasteiger partial charge in [0.2, 0.25) is 0 Å². The fourth-order valence-corrected chi connectivity index (χ4v) is 1.91. The summed E-state index contributed by atoms with van der Waals surface area (Å²) < 4.78 is 5.84. The van der Waals surface area contributed by atoms with E-state index in [1.807, 2.05) is 6.07 Å². The van der Waals surface area contributed by atoms with Gasteiger partial charge in [0.25, 0.3) is 0 Å². The lowest BCUT2D eigenvalue weighted by Gasteiger charge is -2.18. The molecule has 0 amide bonds. The summed E-state index contributed by atoms with van der Waals surface area (Å²) in [6, 6.07) is 8.78. The maximum atomic E-state index is 5.84. The molecule has 2 atom stereocenters. The van der Waals surface area contributed by atoms with E-state index in [0.29, 0.717) is 6.04 Å². The molecule has 0 aliphatic carbocycles. The van der Waals surface area contributed by atoms with Crippen molar-refractivity contribution in [3.8, 4) is 5.75 Å². The Bertz CT molecular complexity index is 362. The number of ether oxygens (including phenoxy) is 1. The zero-order valence-corrected chi connectivity index (χ0v) is 13.1. The zero-order valence-electron chi connectivity index (χ0n) is 13.1. The second-order valence-corrected chi connectivity index (χ2v) is 5.88. The van der Waals surface area contributed by atoms with Crippen LogP contribution in [0.15, 0.2) is 24.3 Å². The second-order valence-electron chi connectivity index (χ2n) is 5.88. The van der Waals surface area contributed by atoms with Gasteiger partial charge in [0.15, 0.2) is 0 Å². The number of benzene rings is 1. The van der Waals surface area contributed by atoms with E-state index in [-0.39, 0.29) is 6.10 Å². The maximum Gasteiger partial charge on any atom is 0.121 e. The lowest BCUT2D eigenvalue weighted by molar-refractivity contribution is 0.217. The first kappa shape index (κ1) is 15.9. The summed E-state index contributed by atoms with van der Waals surface area (Å²) in [5, 5.41) is 3.55. The van der Waals surface area contributed by atoms with Crippen molar-refractivity contribution in [2.24, 2.45) is 5.92 Å². The molecule has 1 aromatic carbocycles. The van der Waals surface area contributed by atoms with Crippen molar-refractivity contribution in [1.82, 2.24) is 0 Å². The summed E-state index contributed by atoms with van der Waals surface area (Å²) in [7, 11) is 0. The SMILES string of the molecule is CCC(C)Oc1cccc(NC(C)CCC(C)C)c1. The van der Waals surface area contributed by atoms with Crippen molar-refractivity contribution in [3.05, 3.63) is 24.3 Å². The highest BCUT2D eigenvalue weighted by Gasteiger charge is 2.06. The fraction of sp³-hybridized carbons (Fsp3) is 0.647. The first-order chi connectivity index (χ1) is 9.01. The molecule has 0 aliphatic rings. The standard InChI is InChI=1S/C17H29NO/c1-6-15(5)19-17-9-7-8-16(12-17)18-14(4)11-10-13(2)3/h7-9,12-15,18H,6,10-11H2,1-5H3. The van der Waals surface area contributed by atoms with Crippen LogP contribution < -0.4 is 10.1 Å². The van der Waals surface area contributed by atoms with E-state index in [1.165, 1.54) is 12.8 Å². The third kappa shape index (κ3) is 6.51. The summed E-state index contributed by atoms with van der Waals surface area (Å²) in [6.07, 6.45) is 3.77. The number of anilines is 1. The Hall–Kier alpha value is -1.18. The van der Waals surface area contributed by atoms with Crippen molar-refractivity contribution in [3.63, 3.8) is 0 Å². The molecule has 19 heavy (non-hydrogen) atoms. The predicted molar refractivity (Wildman–Crippen MR) is 84.0 cm³/mol. The van der Waals surface area contributed by atoms with Crippen LogP contribution >= 0.6 is 0 Å². The van der Waals surface area contributed by atoms with Gasteiger partial charge in [0, 0.05) is 17.8 Å². The Morgan fingerprint density at radius 2 is 1.84 bits per heavy atom. The molecule has 1 aromatic rings. The Morgan fingerprint density at radius 1 is 1.11 bits per heavy atom. The van der Waals surface area contributed by atoms with E-state index in [0.717, 1.165) is 23.8 Å². The average molecular weight is 263 g/mol. The first-order valence-corrected chi connectivity index (χ1v) is 7.54. The lowest BCUT2D eigenvalue weighted by Crippen LogP contribution is -2.16. The van der Waals surface area contributed by atoms with E-state index in [1.54, 1.807) is 0 Å². The van der Waals surface area contributed by atoms with Crippen LogP contribution in [0.1, 0.15) is 53.9 Å². The van der Waals surface area contributed by atoms with Crippen molar-refractivity contribution < 1.29 is 4.74 Å². The molecular weight excluding hydrogens is 234 g/mol. The Labute approximate surface area is 118 Å². The van der Waals surface area contributed by atoms with Crippen LogP contribution in [0.3, 0.4) is 0 Å². The molecule has 2 nitrogen and oxygen atoms in total. The Balaban J connectivity index is 2.51. The maximum absolute atomic E-state index is 5.84. The number of hydrogen-bond acceptors (Lipinski definition) is 2. The molecule has 0 fully saturated rings. The highest BCUT2D eigenvalue weighted by Crippen LogP contribution is 2.20. The third-order valence-corrected chi connectivity index (χ3v) is 3.34. The molecular formula is C17H29NO. The summed E-state index contributed by atoms with van der Waals surface area (Å²) >= 11 is 0. The van der Waals surface area contributed by atoms with Crippen LogP contribution in [0.2, 0.25) is 0 Å². The molecule has 2 unspecified atom stereocenters. The van der Waals surface area contributed by atoms with Gasteiger partial charge in [-0.25, -0.2) is 0 Å². The molecule has 0 bridgehead atoms. The second kappa shape index (κ2) is 8.08. The summed E-state index contributed by atoms with van der Waals surface area (Å²) in [6.45, 7) is 11.0. The van der Waals surface area contributed by atoms with Crippen LogP contribution in [0.5, 0.6) is 5.75 Å². The minimum atomic E-state index is 0.272. The topological polar surface area (TPSA) is 21.3 Å². The molecule has 2 heteroatoms. The number of rotatable bonds is 8. The number of nitrogens with one attached hydrogen (secondary N) is 1. The van der Waals surface area contributed by atoms with Crippen molar-refractivity contribution in [2.75, 3.05) is 5.32 Å². The van der Waals surface area contributed by atoms with Crippen LogP contribution in [0.25, 0.3) is 0 Å². The van der Waals surface area contributed by atoms with Gasteiger partial charge in [-0.1, -0.05) is 26.8 Å². The Kier molecular flexibility index (Phi) is 6.75. The minimum absolute atomic E-state index is 0.272. The molecule has 0 aromatic heterocycles. The van der Waals surface area contributed by atoms with E-state index in [9.17, 15) is 0 Å².